The Hall–Kier alpha value is -2.84. The molecule has 0 aliphatic carbocycles. The monoisotopic (exact) mass is 335 g/mol. The molecule has 0 radical (unpaired) electrons. The minimum absolute atomic E-state index is 0.0103. The third kappa shape index (κ3) is 3.65. The lowest BCUT2D eigenvalue weighted by Crippen LogP contribution is -2.33. The van der Waals surface area contributed by atoms with Crippen molar-refractivity contribution in [2.24, 2.45) is 0 Å². The van der Waals surface area contributed by atoms with Crippen molar-refractivity contribution in [1.82, 2.24) is 0 Å². The number of ether oxygens (including phenoxy) is 1. The molecule has 1 heterocycles. The van der Waals surface area contributed by atoms with Crippen LogP contribution in [0.1, 0.15) is 30.6 Å². The van der Waals surface area contributed by atoms with Crippen molar-refractivity contribution in [3.63, 3.8) is 0 Å². The van der Waals surface area contributed by atoms with E-state index in [4.69, 9.17) is 10.00 Å². The van der Waals surface area contributed by atoms with Gasteiger partial charge in [-0.15, -0.1) is 0 Å². The lowest BCUT2D eigenvalue weighted by atomic mass is 10.1. The number of nitriles is 1. The number of methoxy groups -OCH3 is 1. The van der Waals surface area contributed by atoms with Crippen molar-refractivity contribution in [3.8, 4) is 6.07 Å². The van der Waals surface area contributed by atoms with Gasteiger partial charge in [0.2, 0.25) is 5.91 Å². The fraction of sp³-hybridized carbons (Fsp3) is 0.300. The van der Waals surface area contributed by atoms with Crippen molar-refractivity contribution in [1.29, 1.82) is 5.26 Å². The summed E-state index contributed by atoms with van der Waals surface area (Å²) in [5.74, 6) is 0.0508. The Kier molecular flexibility index (Phi) is 5.01. The highest BCUT2D eigenvalue weighted by Gasteiger charge is 2.32. The van der Waals surface area contributed by atoms with Gasteiger partial charge in [-0.25, -0.2) is 0 Å². The van der Waals surface area contributed by atoms with E-state index in [0.29, 0.717) is 12.1 Å². The number of rotatable bonds is 5. The van der Waals surface area contributed by atoms with E-state index >= 15 is 0 Å². The molecule has 1 fully saturated rings. The van der Waals surface area contributed by atoms with Crippen molar-refractivity contribution >= 4 is 17.3 Å². The number of carbonyl (C=O) groups is 1. The van der Waals surface area contributed by atoms with Crippen molar-refractivity contribution in [2.75, 3.05) is 23.9 Å². The number of carbonyl (C=O) groups excluding carboxylic acids is 1. The Labute approximate surface area is 147 Å². The van der Waals surface area contributed by atoms with Crippen molar-refractivity contribution in [2.45, 2.75) is 25.5 Å². The van der Waals surface area contributed by atoms with Gasteiger partial charge < -0.3 is 15.0 Å². The van der Waals surface area contributed by atoms with Gasteiger partial charge in [0.05, 0.1) is 17.7 Å². The fourth-order valence-electron chi connectivity index (χ4n) is 3.00. The predicted molar refractivity (Wildman–Crippen MR) is 97.4 cm³/mol. The molecule has 0 aromatic heterocycles. The molecule has 1 amide bonds. The molecule has 0 unspecified atom stereocenters. The zero-order chi connectivity index (χ0) is 17.8. The third-order valence-electron chi connectivity index (χ3n) is 4.56. The molecule has 25 heavy (non-hydrogen) atoms. The number of hydrogen-bond donors (Lipinski definition) is 1. The van der Waals surface area contributed by atoms with E-state index in [-0.39, 0.29) is 18.1 Å². The summed E-state index contributed by atoms with van der Waals surface area (Å²) in [6, 6.07) is 16.9. The van der Waals surface area contributed by atoms with E-state index in [0.717, 1.165) is 23.4 Å². The van der Waals surface area contributed by atoms with Crippen molar-refractivity contribution < 1.29 is 9.53 Å². The topological polar surface area (TPSA) is 65.4 Å². The second kappa shape index (κ2) is 7.37. The molecule has 0 spiro atoms. The lowest BCUT2D eigenvalue weighted by molar-refractivity contribution is -0.117. The number of nitrogens with one attached hydrogen (secondary N) is 1. The highest BCUT2D eigenvalue weighted by Crippen LogP contribution is 2.25. The average Bonchev–Trinajstić information content (AvgIpc) is 3.02. The Morgan fingerprint density at radius 2 is 2.04 bits per heavy atom. The standard InChI is InChI=1S/C20H21N3O2/c1-14(25-2)16-4-3-5-17(12-16)22-19-10-11-23(20(19)24)18-8-6-15(13-21)7-9-18/h3-9,12,14,19,22H,10-11H2,1-2H3/t14-,19+/m1/s1. The van der Waals surface area contributed by atoms with Crippen LogP contribution in [-0.4, -0.2) is 25.6 Å². The van der Waals surface area contributed by atoms with Crippen LogP contribution < -0.4 is 10.2 Å². The zero-order valence-corrected chi connectivity index (χ0v) is 14.4. The first-order chi connectivity index (χ1) is 12.1. The molecule has 3 rings (SSSR count). The van der Waals surface area contributed by atoms with Gasteiger partial charge in [-0.1, -0.05) is 12.1 Å². The SMILES string of the molecule is CO[C@H](C)c1cccc(N[C@H]2CCN(c3ccc(C#N)cc3)C2=O)c1. The first-order valence-corrected chi connectivity index (χ1v) is 8.33. The van der Waals surface area contributed by atoms with E-state index in [1.807, 2.05) is 43.3 Å². The molecule has 1 aliphatic heterocycles. The van der Waals surface area contributed by atoms with Crippen LogP contribution in [-0.2, 0) is 9.53 Å². The lowest BCUT2D eigenvalue weighted by Gasteiger charge is -2.18. The summed E-state index contributed by atoms with van der Waals surface area (Å²) in [6.45, 7) is 2.66. The van der Waals surface area contributed by atoms with Crippen LogP contribution in [0.25, 0.3) is 0 Å². The molecule has 5 heteroatoms. The number of benzene rings is 2. The van der Waals surface area contributed by atoms with Crippen LogP contribution in [0.3, 0.4) is 0 Å². The van der Waals surface area contributed by atoms with Gasteiger partial charge in [0.1, 0.15) is 6.04 Å². The molecule has 5 nitrogen and oxygen atoms in total. The van der Waals surface area contributed by atoms with Gasteiger partial charge in [-0.3, -0.25) is 4.79 Å². The van der Waals surface area contributed by atoms with Crippen LogP contribution in [0.4, 0.5) is 11.4 Å². The predicted octanol–water partition coefficient (Wildman–Crippen LogP) is 3.48. The first kappa shape index (κ1) is 17.0. The molecular weight excluding hydrogens is 314 g/mol. The number of amides is 1. The van der Waals surface area contributed by atoms with Gasteiger partial charge in [0.25, 0.3) is 0 Å². The molecule has 1 N–H and O–H groups in total. The number of nitrogens with zero attached hydrogens (tertiary/aromatic N) is 2. The molecule has 2 atom stereocenters. The summed E-state index contributed by atoms with van der Waals surface area (Å²) in [4.78, 5) is 14.5. The third-order valence-corrected chi connectivity index (χ3v) is 4.56. The summed E-state index contributed by atoms with van der Waals surface area (Å²) in [6.07, 6.45) is 0.749. The zero-order valence-electron chi connectivity index (χ0n) is 14.4. The maximum absolute atomic E-state index is 12.7. The molecule has 1 aliphatic rings. The van der Waals surface area contributed by atoms with E-state index in [9.17, 15) is 4.79 Å². The van der Waals surface area contributed by atoms with E-state index < -0.39 is 0 Å². The van der Waals surface area contributed by atoms with Gasteiger partial charge in [0, 0.05) is 25.0 Å². The minimum Gasteiger partial charge on any atom is -0.377 e. The van der Waals surface area contributed by atoms with Crippen LogP contribution in [0.5, 0.6) is 0 Å². The van der Waals surface area contributed by atoms with Gasteiger partial charge in [0.15, 0.2) is 0 Å². The van der Waals surface area contributed by atoms with E-state index in [1.54, 1.807) is 24.1 Å². The second-order valence-electron chi connectivity index (χ2n) is 6.14. The molecule has 2 aromatic carbocycles. The largest absolute Gasteiger partial charge is 0.377 e. The summed E-state index contributed by atoms with van der Waals surface area (Å²) in [5, 5.41) is 12.2. The molecule has 0 saturated carbocycles. The Morgan fingerprint density at radius 1 is 1.28 bits per heavy atom. The molecule has 1 saturated heterocycles. The molecular formula is C20H21N3O2. The maximum Gasteiger partial charge on any atom is 0.249 e. The van der Waals surface area contributed by atoms with Gasteiger partial charge in [-0.05, 0) is 55.3 Å². The second-order valence-corrected chi connectivity index (χ2v) is 6.14. The Balaban J connectivity index is 1.71. The molecule has 128 valence electrons. The molecule has 2 aromatic rings. The molecule has 0 bridgehead atoms. The summed E-state index contributed by atoms with van der Waals surface area (Å²) >= 11 is 0. The summed E-state index contributed by atoms with van der Waals surface area (Å²) in [7, 11) is 1.68. The Morgan fingerprint density at radius 3 is 2.72 bits per heavy atom. The first-order valence-electron chi connectivity index (χ1n) is 8.33. The van der Waals surface area contributed by atoms with E-state index in [2.05, 4.69) is 11.4 Å². The van der Waals surface area contributed by atoms with Crippen molar-refractivity contribution in [3.05, 3.63) is 59.7 Å². The number of hydrogen-bond acceptors (Lipinski definition) is 4. The number of anilines is 2. The van der Waals surface area contributed by atoms with Crippen LogP contribution in [0.15, 0.2) is 48.5 Å². The fourth-order valence-corrected chi connectivity index (χ4v) is 3.00. The highest BCUT2D eigenvalue weighted by atomic mass is 16.5. The summed E-state index contributed by atoms with van der Waals surface area (Å²) < 4.78 is 5.35. The van der Waals surface area contributed by atoms with Crippen LogP contribution in [0.2, 0.25) is 0 Å². The summed E-state index contributed by atoms with van der Waals surface area (Å²) in [5.41, 5.74) is 3.41. The van der Waals surface area contributed by atoms with Crippen LogP contribution in [0, 0.1) is 11.3 Å². The maximum atomic E-state index is 12.7. The van der Waals surface area contributed by atoms with Gasteiger partial charge in [-0.2, -0.15) is 5.26 Å². The smallest absolute Gasteiger partial charge is 0.249 e. The quantitative estimate of drug-likeness (QED) is 0.908. The minimum atomic E-state index is -0.247. The van der Waals surface area contributed by atoms with Crippen LogP contribution >= 0.6 is 0 Å². The van der Waals surface area contributed by atoms with Gasteiger partial charge >= 0.3 is 0 Å². The highest BCUT2D eigenvalue weighted by molar-refractivity contribution is 6.01. The average molecular weight is 335 g/mol. The van der Waals surface area contributed by atoms with E-state index in [1.165, 1.54) is 0 Å². The normalized spacial score (nSPS) is 18.0. The Bertz CT molecular complexity index is 795.